The number of nitrogens with zero attached hydrogens (tertiary/aromatic N) is 3. The molecule has 0 aliphatic carbocycles. The molecule has 0 unspecified atom stereocenters. The zero-order chi connectivity index (χ0) is 18.4. The number of hydrogen-bond acceptors (Lipinski definition) is 5. The fourth-order valence-electron chi connectivity index (χ4n) is 2.37. The number of amides is 1. The monoisotopic (exact) mass is 350 g/mol. The van der Waals surface area contributed by atoms with E-state index in [4.69, 9.17) is 4.74 Å². The molecule has 2 aromatic heterocycles. The van der Waals surface area contributed by atoms with Crippen molar-refractivity contribution in [2.75, 3.05) is 7.11 Å². The Morgan fingerprint density at radius 2 is 1.96 bits per heavy atom. The van der Waals surface area contributed by atoms with Crippen LogP contribution < -0.4 is 15.6 Å². The lowest BCUT2D eigenvalue weighted by molar-refractivity contribution is -0.121. The highest BCUT2D eigenvalue weighted by molar-refractivity contribution is 5.75. The summed E-state index contributed by atoms with van der Waals surface area (Å²) in [5, 5.41) is 2.73. The minimum atomic E-state index is -0.293. The molecular formula is C19H18N4O3. The lowest BCUT2D eigenvalue weighted by atomic mass is 10.1. The summed E-state index contributed by atoms with van der Waals surface area (Å²) in [5.41, 5.74) is 1.80. The van der Waals surface area contributed by atoms with Crippen LogP contribution in [0.15, 0.2) is 65.8 Å². The molecule has 0 saturated heterocycles. The van der Waals surface area contributed by atoms with Gasteiger partial charge in [0.15, 0.2) is 0 Å². The molecule has 7 heteroatoms. The highest BCUT2D eigenvalue weighted by atomic mass is 16.5. The van der Waals surface area contributed by atoms with Gasteiger partial charge in [0.05, 0.1) is 31.4 Å². The maximum atomic E-state index is 12.3. The maximum absolute atomic E-state index is 12.3. The lowest BCUT2D eigenvalue weighted by Crippen LogP contribution is -2.32. The predicted molar refractivity (Wildman–Crippen MR) is 96.6 cm³/mol. The first kappa shape index (κ1) is 17.3. The van der Waals surface area contributed by atoms with Gasteiger partial charge in [0.1, 0.15) is 12.3 Å². The van der Waals surface area contributed by atoms with Crippen LogP contribution in [0.3, 0.4) is 0 Å². The summed E-state index contributed by atoms with van der Waals surface area (Å²) in [6, 6.07) is 14.1. The number of ether oxygens (including phenoxy) is 1. The van der Waals surface area contributed by atoms with Crippen LogP contribution in [0.2, 0.25) is 0 Å². The van der Waals surface area contributed by atoms with Gasteiger partial charge in [-0.25, -0.2) is 4.98 Å². The minimum absolute atomic E-state index is 0.0957. The number of pyridine rings is 1. The lowest BCUT2D eigenvalue weighted by Gasteiger charge is -2.08. The number of methoxy groups -OCH3 is 1. The van der Waals surface area contributed by atoms with Crippen molar-refractivity contribution in [1.29, 1.82) is 0 Å². The quantitative estimate of drug-likeness (QED) is 0.730. The Morgan fingerprint density at radius 1 is 1.15 bits per heavy atom. The molecule has 26 heavy (non-hydrogen) atoms. The van der Waals surface area contributed by atoms with Gasteiger partial charge in [-0.1, -0.05) is 6.07 Å². The standard InChI is InChI=1S/C19H18N4O3/c1-26-16-7-5-14(6-8-16)17-10-19(25)23(13-22-17)12-18(24)21-11-15-4-2-3-9-20-15/h2-10,13H,11-12H2,1H3,(H,21,24). The first-order chi connectivity index (χ1) is 12.7. The van der Waals surface area contributed by atoms with Crippen molar-refractivity contribution in [3.05, 3.63) is 77.1 Å². The number of aromatic nitrogens is 3. The van der Waals surface area contributed by atoms with Crippen LogP contribution in [0.4, 0.5) is 0 Å². The first-order valence-corrected chi connectivity index (χ1v) is 8.03. The normalized spacial score (nSPS) is 10.3. The van der Waals surface area contributed by atoms with Crippen molar-refractivity contribution in [1.82, 2.24) is 19.9 Å². The maximum Gasteiger partial charge on any atom is 0.254 e. The molecule has 3 aromatic rings. The van der Waals surface area contributed by atoms with Crippen LogP contribution in [0.1, 0.15) is 5.69 Å². The molecular weight excluding hydrogens is 332 g/mol. The number of carbonyl (C=O) groups excluding carboxylic acids is 1. The second-order valence-electron chi connectivity index (χ2n) is 5.57. The van der Waals surface area contributed by atoms with E-state index in [1.165, 1.54) is 17.0 Å². The Kier molecular flexibility index (Phi) is 5.38. The molecule has 3 rings (SSSR count). The fraction of sp³-hybridized carbons (Fsp3) is 0.158. The summed E-state index contributed by atoms with van der Waals surface area (Å²) in [7, 11) is 1.59. The Balaban J connectivity index is 1.65. The first-order valence-electron chi connectivity index (χ1n) is 8.03. The van der Waals surface area contributed by atoms with Crippen molar-refractivity contribution in [2.24, 2.45) is 0 Å². The minimum Gasteiger partial charge on any atom is -0.497 e. The Labute approximate surface area is 150 Å². The van der Waals surface area contributed by atoms with Gasteiger partial charge in [0.2, 0.25) is 5.91 Å². The van der Waals surface area contributed by atoms with E-state index in [2.05, 4.69) is 15.3 Å². The van der Waals surface area contributed by atoms with Gasteiger partial charge in [0, 0.05) is 17.8 Å². The molecule has 0 spiro atoms. The fourth-order valence-corrected chi connectivity index (χ4v) is 2.37. The molecule has 0 atom stereocenters. The molecule has 0 radical (unpaired) electrons. The largest absolute Gasteiger partial charge is 0.497 e. The summed E-state index contributed by atoms with van der Waals surface area (Å²) in [6.45, 7) is 0.216. The molecule has 0 saturated carbocycles. The zero-order valence-electron chi connectivity index (χ0n) is 14.3. The zero-order valence-corrected chi connectivity index (χ0v) is 14.3. The molecule has 2 heterocycles. The van der Waals surface area contributed by atoms with Gasteiger partial charge >= 0.3 is 0 Å². The van der Waals surface area contributed by atoms with Gasteiger partial charge in [-0.2, -0.15) is 0 Å². The molecule has 0 bridgehead atoms. The Morgan fingerprint density at radius 3 is 2.62 bits per heavy atom. The smallest absolute Gasteiger partial charge is 0.254 e. The van der Waals surface area contributed by atoms with Crippen LogP contribution in [0.25, 0.3) is 11.3 Å². The van der Waals surface area contributed by atoms with Crippen molar-refractivity contribution in [2.45, 2.75) is 13.1 Å². The average molecular weight is 350 g/mol. The second-order valence-corrected chi connectivity index (χ2v) is 5.57. The van der Waals surface area contributed by atoms with E-state index < -0.39 is 0 Å². The molecule has 1 aromatic carbocycles. The number of benzene rings is 1. The molecule has 1 amide bonds. The Bertz CT molecular complexity index is 937. The third kappa shape index (κ3) is 4.32. The molecule has 0 fully saturated rings. The number of carbonyl (C=O) groups is 1. The van der Waals surface area contributed by atoms with E-state index in [9.17, 15) is 9.59 Å². The van der Waals surface area contributed by atoms with Crippen molar-refractivity contribution < 1.29 is 9.53 Å². The van der Waals surface area contributed by atoms with Gasteiger partial charge in [0.25, 0.3) is 5.56 Å². The van der Waals surface area contributed by atoms with Gasteiger partial charge in [-0.3, -0.25) is 19.1 Å². The molecule has 132 valence electrons. The third-order valence-corrected chi connectivity index (χ3v) is 3.77. The van der Waals surface area contributed by atoms with E-state index in [1.54, 1.807) is 31.5 Å². The predicted octanol–water partition coefficient (Wildman–Crippen LogP) is 1.63. The van der Waals surface area contributed by atoms with E-state index >= 15 is 0 Å². The van der Waals surface area contributed by atoms with E-state index in [0.29, 0.717) is 12.2 Å². The van der Waals surface area contributed by atoms with Crippen LogP contribution in [-0.2, 0) is 17.9 Å². The van der Waals surface area contributed by atoms with Crippen molar-refractivity contribution in [3.63, 3.8) is 0 Å². The topological polar surface area (TPSA) is 86.1 Å². The van der Waals surface area contributed by atoms with E-state index in [-0.39, 0.29) is 18.0 Å². The molecule has 1 N–H and O–H groups in total. The van der Waals surface area contributed by atoms with Gasteiger partial charge in [-0.15, -0.1) is 0 Å². The average Bonchev–Trinajstić information content (AvgIpc) is 2.69. The van der Waals surface area contributed by atoms with Crippen LogP contribution >= 0.6 is 0 Å². The highest BCUT2D eigenvalue weighted by Crippen LogP contribution is 2.19. The number of hydrogen-bond donors (Lipinski definition) is 1. The Hall–Kier alpha value is -3.48. The SMILES string of the molecule is COc1ccc(-c2cc(=O)n(CC(=O)NCc3ccccn3)cn2)cc1. The third-order valence-electron chi connectivity index (χ3n) is 3.77. The highest BCUT2D eigenvalue weighted by Gasteiger charge is 2.07. The molecule has 0 aliphatic rings. The summed E-state index contributed by atoms with van der Waals surface area (Å²) >= 11 is 0. The summed E-state index contributed by atoms with van der Waals surface area (Å²) < 4.78 is 6.38. The van der Waals surface area contributed by atoms with Gasteiger partial charge < -0.3 is 10.1 Å². The summed E-state index contributed by atoms with van der Waals surface area (Å²) in [5.74, 6) is 0.448. The number of nitrogens with one attached hydrogen (secondary N) is 1. The van der Waals surface area contributed by atoms with Crippen molar-refractivity contribution >= 4 is 5.91 Å². The van der Waals surface area contributed by atoms with Crippen molar-refractivity contribution in [3.8, 4) is 17.0 Å². The van der Waals surface area contributed by atoms with Crippen LogP contribution in [-0.4, -0.2) is 27.6 Å². The van der Waals surface area contributed by atoms with Gasteiger partial charge in [-0.05, 0) is 36.4 Å². The number of rotatable bonds is 6. The van der Waals surface area contributed by atoms with Crippen LogP contribution in [0.5, 0.6) is 5.75 Å². The molecule has 7 nitrogen and oxygen atoms in total. The summed E-state index contributed by atoms with van der Waals surface area (Å²) in [4.78, 5) is 32.7. The van der Waals surface area contributed by atoms with Crippen LogP contribution in [0, 0.1) is 0 Å². The van der Waals surface area contributed by atoms with E-state index in [0.717, 1.165) is 17.0 Å². The molecule has 0 aliphatic heterocycles. The second kappa shape index (κ2) is 8.06. The summed E-state index contributed by atoms with van der Waals surface area (Å²) in [6.07, 6.45) is 3.04. The van der Waals surface area contributed by atoms with E-state index in [1.807, 2.05) is 24.3 Å².